The monoisotopic (exact) mass is 605 g/mol. The number of likely N-dealkylation sites (tertiary alicyclic amines) is 1. The van der Waals surface area contributed by atoms with E-state index in [0.29, 0.717) is 47.9 Å². The number of fused-ring (bicyclic) bond motifs is 3. The van der Waals surface area contributed by atoms with Crippen molar-refractivity contribution in [2.45, 2.75) is 68.4 Å². The van der Waals surface area contributed by atoms with Crippen LogP contribution >= 0.6 is 11.3 Å². The van der Waals surface area contributed by atoms with Crippen molar-refractivity contribution in [3.63, 3.8) is 0 Å². The molecule has 11 nitrogen and oxygen atoms in total. The van der Waals surface area contributed by atoms with Gasteiger partial charge in [0, 0.05) is 42.4 Å². The number of hydrogen-bond acceptors (Lipinski definition) is 9. The van der Waals surface area contributed by atoms with Crippen LogP contribution in [0, 0.1) is 0 Å². The summed E-state index contributed by atoms with van der Waals surface area (Å²) in [4.78, 5) is 23.6. The lowest BCUT2D eigenvalue weighted by Crippen LogP contribution is -2.43. The molecule has 1 aliphatic heterocycles. The Hall–Kier alpha value is -3.14. The standard InChI is InChI=1S/C26H29F2N7O4S2/c1-14(39-3)24(36)34-10-6-15(7-11-34)20-19-17-5-4-16(41(37,38)33-26(2)8-9-26)12-18(17)35(22(19)30-13-29-20)25-32-31-23(40-25)21(27)28/h4-5,12-15,21,33H,6-11H2,1-3H3/t14-/m1/s1. The van der Waals surface area contributed by atoms with E-state index in [4.69, 9.17) is 4.74 Å². The largest absolute Gasteiger partial charge is 0.372 e. The third-order valence-electron chi connectivity index (χ3n) is 7.94. The molecule has 1 atom stereocenters. The molecule has 0 bridgehead atoms. The highest BCUT2D eigenvalue weighted by atomic mass is 32.2. The molecule has 6 rings (SSSR count). The molecule has 2 aliphatic rings. The van der Waals surface area contributed by atoms with Crippen molar-refractivity contribution in [3.05, 3.63) is 35.2 Å². The number of piperidine rings is 1. The number of carbonyl (C=O) groups is 1. The number of methoxy groups -OCH3 is 1. The van der Waals surface area contributed by atoms with Crippen LogP contribution in [-0.2, 0) is 19.6 Å². The third-order valence-corrected chi connectivity index (χ3v) is 10.5. The van der Waals surface area contributed by atoms with Gasteiger partial charge in [0.15, 0.2) is 10.7 Å². The number of alkyl halides is 2. The zero-order valence-corrected chi connectivity index (χ0v) is 24.3. The SMILES string of the molecule is CO[C@H](C)C(=O)N1CCC(c2ncnc3c2c2ccc(S(=O)(=O)NC4(C)CC4)cc2n3-c2nnc(C(F)F)s2)CC1. The van der Waals surface area contributed by atoms with Gasteiger partial charge in [-0.2, -0.15) is 0 Å². The highest BCUT2D eigenvalue weighted by Gasteiger charge is 2.41. The molecule has 2 fully saturated rings. The fourth-order valence-corrected chi connectivity index (χ4v) is 7.52. The summed E-state index contributed by atoms with van der Waals surface area (Å²) in [5.41, 5.74) is 1.15. The molecule has 41 heavy (non-hydrogen) atoms. The van der Waals surface area contributed by atoms with Gasteiger partial charge in [-0.05, 0) is 51.7 Å². The predicted molar refractivity (Wildman–Crippen MR) is 148 cm³/mol. The molecule has 15 heteroatoms. The van der Waals surface area contributed by atoms with E-state index >= 15 is 0 Å². The van der Waals surface area contributed by atoms with Crippen molar-refractivity contribution < 1.29 is 26.7 Å². The number of aromatic nitrogens is 5. The van der Waals surface area contributed by atoms with Crippen LogP contribution in [0.4, 0.5) is 8.78 Å². The fourth-order valence-electron chi connectivity index (χ4n) is 5.32. The van der Waals surface area contributed by atoms with Gasteiger partial charge >= 0.3 is 0 Å². The lowest BCUT2D eigenvalue weighted by atomic mass is 9.91. The van der Waals surface area contributed by atoms with Gasteiger partial charge in [0.1, 0.15) is 12.4 Å². The molecule has 4 heterocycles. The topological polar surface area (TPSA) is 132 Å². The number of nitrogens with one attached hydrogen (secondary N) is 1. The molecule has 1 saturated heterocycles. The number of hydrogen-bond donors (Lipinski definition) is 1. The fraction of sp³-hybridized carbons (Fsp3) is 0.500. The summed E-state index contributed by atoms with van der Waals surface area (Å²) < 4.78 is 62.9. The van der Waals surface area contributed by atoms with E-state index in [1.165, 1.54) is 25.6 Å². The van der Waals surface area contributed by atoms with Gasteiger partial charge in [-0.1, -0.05) is 17.4 Å². The molecule has 0 spiro atoms. The Balaban J connectivity index is 1.47. The van der Waals surface area contributed by atoms with Crippen LogP contribution in [-0.4, -0.2) is 75.8 Å². The minimum Gasteiger partial charge on any atom is -0.372 e. The van der Waals surface area contributed by atoms with Gasteiger partial charge in [0.05, 0.1) is 16.1 Å². The quantitative estimate of drug-likeness (QED) is 0.320. The third kappa shape index (κ3) is 5.08. The molecule has 1 N–H and O–H groups in total. The number of benzene rings is 1. The highest BCUT2D eigenvalue weighted by Crippen LogP contribution is 2.40. The predicted octanol–water partition coefficient (Wildman–Crippen LogP) is 3.93. The molecule has 218 valence electrons. The van der Waals surface area contributed by atoms with E-state index in [9.17, 15) is 22.0 Å². The summed E-state index contributed by atoms with van der Waals surface area (Å²) >= 11 is 0.721. The van der Waals surface area contributed by atoms with Gasteiger partial charge in [-0.3, -0.25) is 9.36 Å². The van der Waals surface area contributed by atoms with E-state index in [-0.39, 0.29) is 21.9 Å². The summed E-state index contributed by atoms with van der Waals surface area (Å²) in [7, 11) is -2.34. The normalized spacial score (nSPS) is 18.4. The summed E-state index contributed by atoms with van der Waals surface area (Å²) in [6.07, 6.45) is 0.914. The average molecular weight is 606 g/mol. The van der Waals surface area contributed by atoms with Crippen LogP contribution in [0.15, 0.2) is 29.4 Å². The van der Waals surface area contributed by atoms with E-state index in [1.807, 2.05) is 6.92 Å². The van der Waals surface area contributed by atoms with Crippen molar-refractivity contribution in [1.29, 1.82) is 0 Å². The highest BCUT2D eigenvalue weighted by molar-refractivity contribution is 7.89. The van der Waals surface area contributed by atoms with Gasteiger partial charge in [-0.25, -0.2) is 31.9 Å². The number of carbonyl (C=O) groups excluding carboxylic acids is 1. The zero-order valence-electron chi connectivity index (χ0n) is 22.7. The molecule has 1 aliphatic carbocycles. The van der Waals surface area contributed by atoms with Crippen LogP contribution in [0.25, 0.3) is 27.1 Å². The lowest BCUT2D eigenvalue weighted by molar-refractivity contribution is -0.142. The number of sulfonamides is 1. The molecule has 1 aromatic carbocycles. The molecule has 0 radical (unpaired) electrons. The van der Waals surface area contributed by atoms with Crippen molar-refractivity contribution in [2.24, 2.45) is 0 Å². The second kappa shape index (κ2) is 10.3. The molecular weight excluding hydrogens is 576 g/mol. The average Bonchev–Trinajstić information content (AvgIpc) is 3.34. The molecular formula is C26H29F2N7O4S2. The first-order valence-corrected chi connectivity index (χ1v) is 15.6. The van der Waals surface area contributed by atoms with E-state index < -0.39 is 33.1 Å². The number of rotatable bonds is 8. The number of halogens is 2. The Morgan fingerprint density at radius 3 is 2.56 bits per heavy atom. The van der Waals surface area contributed by atoms with Crippen molar-refractivity contribution in [2.75, 3.05) is 20.2 Å². The summed E-state index contributed by atoms with van der Waals surface area (Å²) in [6.45, 7) is 4.63. The van der Waals surface area contributed by atoms with Crippen LogP contribution in [0.1, 0.15) is 62.6 Å². The maximum absolute atomic E-state index is 13.5. The van der Waals surface area contributed by atoms with Crippen molar-refractivity contribution in [1.82, 2.24) is 34.4 Å². The Bertz CT molecular complexity index is 1750. The second-order valence-corrected chi connectivity index (χ2v) is 13.5. The van der Waals surface area contributed by atoms with Crippen molar-refractivity contribution >= 4 is 49.2 Å². The second-order valence-electron chi connectivity index (χ2n) is 10.8. The first kappa shape index (κ1) is 28.0. The Morgan fingerprint density at radius 1 is 1.20 bits per heavy atom. The van der Waals surface area contributed by atoms with Gasteiger partial charge in [-0.15, -0.1) is 10.2 Å². The minimum absolute atomic E-state index is 0.00705. The molecule has 0 unspecified atom stereocenters. The molecule has 4 aromatic rings. The molecule has 3 aromatic heterocycles. The number of amides is 1. The van der Waals surface area contributed by atoms with Crippen LogP contribution in [0.2, 0.25) is 0 Å². The van der Waals surface area contributed by atoms with Gasteiger partial charge in [0.25, 0.3) is 12.3 Å². The van der Waals surface area contributed by atoms with Crippen LogP contribution in [0.5, 0.6) is 0 Å². The van der Waals surface area contributed by atoms with Crippen molar-refractivity contribution in [3.8, 4) is 5.13 Å². The minimum atomic E-state index is -3.85. The number of ether oxygens (including phenoxy) is 1. The molecule has 1 amide bonds. The first-order valence-electron chi connectivity index (χ1n) is 13.3. The Morgan fingerprint density at radius 2 is 1.93 bits per heavy atom. The lowest BCUT2D eigenvalue weighted by Gasteiger charge is -2.33. The van der Waals surface area contributed by atoms with E-state index in [2.05, 4.69) is 24.9 Å². The Labute approximate surface area is 239 Å². The smallest absolute Gasteiger partial charge is 0.291 e. The molecule has 1 saturated carbocycles. The summed E-state index contributed by atoms with van der Waals surface area (Å²) in [5.74, 6) is -0.0729. The van der Waals surface area contributed by atoms with E-state index in [0.717, 1.165) is 29.9 Å². The van der Waals surface area contributed by atoms with E-state index in [1.54, 1.807) is 22.5 Å². The van der Waals surface area contributed by atoms with Gasteiger partial charge in [0.2, 0.25) is 15.2 Å². The number of nitrogens with zero attached hydrogens (tertiary/aromatic N) is 6. The summed E-state index contributed by atoms with van der Waals surface area (Å²) in [5, 5.41) is 8.72. The van der Waals surface area contributed by atoms with Crippen LogP contribution in [0.3, 0.4) is 0 Å². The van der Waals surface area contributed by atoms with Gasteiger partial charge < -0.3 is 9.64 Å². The van der Waals surface area contributed by atoms with Crippen LogP contribution < -0.4 is 4.72 Å². The first-order chi connectivity index (χ1) is 19.5. The summed E-state index contributed by atoms with van der Waals surface area (Å²) in [6, 6.07) is 4.76. The maximum atomic E-state index is 13.5. The zero-order chi connectivity index (χ0) is 29.1. The maximum Gasteiger partial charge on any atom is 0.291 e. The Kier molecular flexibility index (Phi) is 7.03.